The lowest BCUT2D eigenvalue weighted by Gasteiger charge is -2.15. The quantitative estimate of drug-likeness (QED) is 0.686. The van der Waals surface area contributed by atoms with E-state index in [0.717, 1.165) is 18.2 Å². The van der Waals surface area contributed by atoms with Gasteiger partial charge in [0.25, 0.3) is 0 Å². The van der Waals surface area contributed by atoms with Gasteiger partial charge in [-0.1, -0.05) is 13.8 Å². The first-order chi connectivity index (χ1) is 13.8. The topological polar surface area (TPSA) is 98.0 Å². The first kappa shape index (κ1) is 20.1. The van der Waals surface area contributed by atoms with Gasteiger partial charge in [0.15, 0.2) is 0 Å². The van der Waals surface area contributed by atoms with Gasteiger partial charge in [0.05, 0.1) is 5.56 Å². The number of nitrogens with one attached hydrogen (secondary N) is 1. The predicted molar refractivity (Wildman–Crippen MR) is 105 cm³/mol. The Morgan fingerprint density at radius 3 is 2.48 bits per heavy atom. The third kappa shape index (κ3) is 4.26. The number of aromatic nitrogens is 2. The minimum atomic E-state index is -0.732. The van der Waals surface area contributed by atoms with E-state index in [-0.39, 0.29) is 34.3 Å². The smallest absolute Gasteiger partial charge is 0.249 e. The number of anilines is 1. The van der Waals surface area contributed by atoms with Crippen molar-refractivity contribution < 1.29 is 18.4 Å². The summed E-state index contributed by atoms with van der Waals surface area (Å²) in [4.78, 5) is 32.4. The molecule has 29 heavy (non-hydrogen) atoms. The molecule has 0 aliphatic carbocycles. The van der Waals surface area contributed by atoms with Crippen molar-refractivity contribution in [1.82, 2.24) is 9.97 Å². The van der Waals surface area contributed by atoms with Crippen molar-refractivity contribution in [3.8, 4) is 22.3 Å². The molecular formula is C21H18F2N4O2. The van der Waals surface area contributed by atoms with E-state index in [2.05, 4.69) is 15.3 Å². The van der Waals surface area contributed by atoms with Gasteiger partial charge in [0.1, 0.15) is 17.5 Å². The van der Waals surface area contributed by atoms with Gasteiger partial charge in [0.2, 0.25) is 11.8 Å². The van der Waals surface area contributed by atoms with Crippen molar-refractivity contribution in [2.75, 3.05) is 5.32 Å². The van der Waals surface area contributed by atoms with Crippen LogP contribution in [0.2, 0.25) is 0 Å². The minimum absolute atomic E-state index is 0.0108. The van der Waals surface area contributed by atoms with Crippen LogP contribution in [0.3, 0.4) is 0 Å². The second-order valence-corrected chi connectivity index (χ2v) is 6.68. The van der Waals surface area contributed by atoms with Gasteiger partial charge >= 0.3 is 0 Å². The highest BCUT2D eigenvalue weighted by Crippen LogP contribution is 2.33. The van der Waals surface area contributed by atoms with Crippen molar-refractivity contribution >= 4 is 17.6 Å². The normalized spacial score (nSPS) is 10.8. The first-order valence-electron chi connectivity index (χ1n) is 8.78. The summed E-state index contributed by atoms with van der Waals surface area (Å²) >= 11 is 0. The van der Waals surface area contributed by atoms with Crippen LogP contribution in [0, 0.1) is 17.6 Å². The molecule has 2 amide bonds. The van der Waals surface area contributed by atoms with Gasteiger partial charge in [-0.05, 0) is 30.3 Å². The Labute approximate surface area is 165 Å². The summed E-state index contributed by atoms with van der Waals surface area (Å²) in [5.41, 5.74) is 6.52. The third-order valence-electron chi connectivity index (χ3n) is 4.25. The molecule has 3 aromatic rings. The number of carbonyl (C=O) groups excluding carboxylic acids is 2. The van der Waals surface area contributed by atoms with Crippen LogP contribution in [-0.2, 0) is 4.79 Å². The summed E-state index contributed by atoms with van der Waals surface area (Å²) in [6, 6.07) is 6.03. The van der Waals surface area contributed by atoms with Gasteiger partial charge in [-0.3, -0.25) is 14.6 Å². The fourth-order valence-electron chi connectivity index (χ4n) is 2.76. The van der Waals surface area contributed by atoms with Crippen LogP contribution in [0.1, 0.15) is 24.2 Å². The van der Waals surface area contributed by atoms with Crippen molar-refractivity contribution in [2.24, 2.45) is 11.7 Å². The molecule has 0 bridgehead atoms. The van der Waals surface area contributed by atoms with E-state index < -0.39 is 17.5 Å². The molecule has 148 valence electrons. The molecule has 0 fully saturated rings. The van der Waals surface area contributed by atoms with Crippen molar-refractivity contribution in [1.29, 1.82) is 0 Å². The lowest BCUT2D eigenvalue weighted by Crippen LogP contribution is -2.21. The van der Waals surface area contributed by atoms with Crippen LogP contribution in [-0.4, -0.2) is 21.8 Å². The second-order valence-electron chi connectivity index (χ2n) is 6.68. The maximum atomic E-state index is 14.2. The van der Waals surface area contributed by atoms with Gasteiger partial charge in [-0.2, -0.15) is 0 Å². The highest BCUT2D eigenvalue weighted by atomic mass is 19.1. The molecule has 2 heterocycles. The fourth-order valence-corrected chi connectivity index (χ4v) is 2.76. The number of nitrogens with two attached hydrogens (primary N) is 1. The predicted octanol–water partition coefficient (Wildman–Crippen LogP) is 3.78. The van der Waals surface area contributed by atoms with Crippen molar-refractivity contribution in [2.45, 2.75) is 13.8 Å². The number of hydrogen-bond donors (Lipinski definition) is 2. The number of primary amides is 1. The molecule has 1 aromatic carbocycles. The molecule has 0 unspecified atom stereocenters. The average Bonchev–Trinajstić information content (AvgIpc) is 2.69. The number of amides is 2. The monoisotopic (exact) mass is 396 g/mol. The molecule has 8 heteroatoms. The minimum Gasteiger partial charge on any atom is -0.366 e. The van der Waals surface area contributed by atoms with E-state index in [1.165, 1.54) is 30.7 Å². The van der Waals surface area contributed by atoms with Gasteiger partial charge in [-0.25, -0.2) is 13.8 Å². The SMILES string of the molecule is CC(C)C(=O)Nc1nccc(C(N)=O)c1-c1cncc(-c2cc(F)ccc2F)c1. The van der Waals surface area contributed by atoms with E-state index >= 15 is 0 Å². The Balaban J connectivity index is 2.19. The van der Waals surface area contributed by atoms with E-state index in [0.29, 0.717) is 11.1 Å². The van der Waals surface area contributed by atoms with Gasteiger partial charge < -0.3 is 11.1 Å². The maximum absolute atomic E-state index is 14.2. The second kappa shape index (κ2) is 8.14. The number of hydrogen-bond acceptors (Lipinski definition) is 4. The zero-order valence-corrected chi connectivity index (χ0v) is 15.7. The number of benzene rings is 1. The maximum Gasteiger partial charge on any atom is 0.249 e. The van der Waals surface area contributed by atoms with Crippen LogP contribution >= 0.6 is 0 Å². The summed E-state index contributed by atoms with van der Waals surface area (Å²) < 4.78 is 27.8. The number of halogens is 2. The molecule has 0 saturated heterocycles. The van der Waals surface area contributed by atoms with E-state index in [9.17, 15) is 18.4 Å². The van der Waals surface area contributed by atoms with Gasteiger partial charge in [0, 0.05) is 46.8 Å². The summed E-state index contributed by atoms with van der Waals surface area (Å²) in [5, 5.41) is 2.66. The summed E-state index contributed by atoms with van der Waals surface area (Å²) in [6.45, 7) is 3.42. The third-order valence-corrected chi connectivity index (χ3v) is 4.25. The molecule has 0 spiro atoms. The van der Waals surface area contributed by atoms with E-state index in [4.69, 9.17) is 5.73 Å². The van der Waals surface area contributed by atoms with E-state index in [1.54, 1.807) is 13.8 Å². The fraction of sp³-hybridized carbons (Fsp3) is 0.143. The zero-order valence-electron chi connectivity index (χ0n) is 15.7. The van der Waals surface area contributed by atoms with Crippen molar-refractivity contribution in [3.63, 3.8) is 0 Å². The highest BCUT2D eigenvalue weighted by Gasteiger charge is 2.20. The number of carbonyl (C=O) groups is 2. The van der Waals surface area contributed by atoms with Crippen LogP contribution in [0.4, 0.5) is 14.6 Å². The Kier molecular flexibility index (Phi) is 5.63. The van der Waals surface area contributed by atoms with Crippen LogP contribution < -0.4 is 11.1 Å². The number of pyridine rings is 2. The summed E-state index contributed by atoms with van der Waals surface area (Å²) in [7, 11) is 0. The highest BCUT2D eigenvalue weighted by molar-refractivity contribution is 6.05. The Hall–Kier alpha value is -3.68. The Morgan fingerprint density at radius 2 is 1.79 bits per heavy atom. The molecule has 2 aromatic heterocycles. The molecule has 0 saturated carbocycles. The molecule has 0 atom stereocenters. The first-order valence-corrected chi connectivity index (χ1v) is 8.78. The van der Waals surface area contributed by atoms with Crippen LogP contribution in [0.15, 0.2) is 48.9 Å². The molecule has 0 aliphatic rings. The summed E-state index contributed by atoms with van der Waals surface area (Å²) in [5.74, 6) is -2.47. The Morgan fingerprint density at radius 1 is 1.07 bits per heavy atom. The zero-order chi connectivity index (χ0) is 21.1. The average molecular weight is 396 g/mol. The lowest BCUT2D eigenvalue weighted by molar-refractivity contribution is -0.118. The molecular weight excluding hydrogens is 378 g/mol. The molecule has 0 radical (unpaired) electrons. The van der Waals surface area contributed by atoms with E-state index in [1.807, 2.05) is 0 Å². The molecule has 3 N–H and O–H groups in total. The number of rotatable bonds is 5. The lowest BCUT2D eigenvalue weighted by atomic mass is 9.98. The van der Waals surface area contributed by atoms with Crippen LogP contribution in [0.5, 0.6) is 0 Å². The molecule has 6 nitrogen and oxygen atoms in total. The standard InChI is InChI=1S/C21H18F2N4O2/c1-11(2)21(29)27-20-18(15(19(24)28)5-6-26-20)13-7-12(9-25-10-13)16-8-14(22)3-4-17(16)23/h3-11H,1-2H3,(H2,24,28)(H,26,27,29). The summed E-state index contributed by atoms with van der Waals surface area (Å²) in [6.07, 6.45) is 4.15. The molecule has 0 aliphatic heterocycles. The number of nitrogens with zero attached hydrogens (tertiary/aromatic N) is 2. The van der Waals surface area contributed by atoms with Gasteiger partial charge in [-0.15, -0.1) is 0 Å². The Bertz CT molecular complexity index is 1100. The van der Waals surface area contributed by atoms with Crippen LogP contribution in [0.25, 0.3) is 22.3 Å². The molecule has 3 rings (SSSR count). The largest absolute Gasteiger partial charge is 0.366 e. The van der Waals surface area contributed by atoms with Crippen molar-refractivity contribution in [3.05, 3.63) is 66.1 Å².